The highest BCUT2D eigenvalue weighted by atomic mass is 35.5. The van der Waals surface area contributed by atoms with Crippen molar-refractivity contribution < 1.29 is 5.11 Å². The van der Waals surface area contributed by atoms with Crippen molar-refractivity contribution in [2.75, 3.05) is 11.9 Å². The Balaban J connectivity index is 1.90. The zero-order chi connectivity index (χ0) is 11.6. The molecule has 2 atom stereocenters. The summed E-state index contributed by atoms with van der Waals surface area (Å²) >= 11 is 5.79. The van der Waals surface area contributed by atoms with Gasteiger partial charge in [0.1, 0.15) is 0 Å². The summed E-state index contributed by atoms with van der Waals surface area (Å²) in [6.07, 6.45) is 2.35. The summed E-state index contributed by atoms with van der Waals surface area (Å²) < 4.78 is 0. The fraction of sp³-hybridized carbons (Fsp3) is 0.500. The van der Waals surface area contributed by atoms with Gasteiger partial charge in [-0.15, -0.1) is 0 Å². The first-order valence-corrected chi connectivity index (χ1v) is 5.93. The van der Waals surface area contributed by atoms with Crippen molar-refractivity contribution in [1.82, 2.24) is 0 Å². The molecule has 16 heavy (non-hydrogen) atoms. The molecule has 0 aliphatic heterocycles. The summed E-state index contributed by atoms with van der Waals surface area (Å²) in [5, 5.41) is 14.1. The zero-order valence-electron chi connectivity index (χ0n) is 9.12. The molecular weight excluding hydrogens is 224 g/mol. The van der Waals surface area contributed by atoms with Gasteiger partial charge in [0.2, 0.25) is 0 Å². The summed E-state index contributed by atoms with van der Waals surface area (Å²) in [7, 11) is 0. The highest BCUT2D eigenvalue weighted by Crippen LogP contribution is 2.29. The minimum atomic E-state index is -0.654. The van der Waals surface area contributed by atoms with Crippen molar-refractivity contribution in [2.24, 2.45) is 5.73 Å². The van der Waals surface area contributed by atoms with Gasteiger partial charge >= 0.3 is 0 Å². The van der Waals surface area contributed by atoms with Crippen LogP contribution in [0.15, 0.2) is 24.3 Å². The number of aliphatic hydroxyl groups is 1. The fourth-order valence-corrected chi connectivity index (χ4v) is 2.27. The van der Waals surface area contributed by atoms with Crippen LogP contribution < -0.4 is 11.1 Å². The fourth-order valence-electron chi connectivity index (χ4n) is 2.14. The lowest BCUT2D eigenvalue weighted by Crippen LogP contribution is -2.35. The van der Waals surface area contributed by atoms with E-state index in [1.54, 1.807) is 0 Å². The molecule has 0 radical (unpaired) electrons. The van der Waals surface area contributed by atoms with Gasteiger partial charge in [-0.1, -0.05) is 11.6 Å². The van der Waals surface area contributed by atoms with Crippen LogP contribution in [0.4, 0.5) is 5.69 Å². The predicted molar refractivity (Wildman–Crippen MR) is 66.7 cm³/mol. The Morgan fingerprint density at radius 2 is 2.12 bits per heavy atom. The molecule has 88 valence electrons. The second-order valence-corrected chi connectivity index (χ2v) is 5.02. The second-order valence-electron chi connectivity index (χ2n) is 4.59. The maximum atomic E-state index is 10.2. The van der Waals surface area contributed by atoms with E-state index in [1.807, 2.05) is 24.3 Å². The lowest BCUT2D eigenvalue weighted by atomic mass is 10.0. The standard InChI is InChI=1S/C12H17ClN2O/c13-9-1-3-11(4-2-9)15-8-12(16)6-5-10(14)7-12/h1-4,10,15-16H,5-8,14H2. The van der Waals surface area contributed by atoms with Crippen LogP contribution in [0.2, 0.25) is 5.02 Å². The molecule has 1 fully saturated rings. The minimum absolute atomic E-state index is 0.136. The Morgan fingerprint density at radius 3 is 2.69 bits per heavy atom. The molecule has 0 bridgehead atoms. The number of anilines is 1. The molecule has 1 aromatic rings. The van der Waals surface area contributed by atoms with Crippen LogP contribution in [0.25, 0.3) is 0 Å². The van der Waals surface area contributed by atoms with E-state index in [-0.39, 0.29) is 6.04 Å². The zero-order valence-corrected chi connectivity index (χ0v) is 9.87. The molecule has 1 aliphatic rings. The topological polar surface area (TPSA) is 58.3 Å². The van der Waals surface area contributed by atoms with Gasteiger partial charge in [0.15, 0.2) is 0 Å². The maximum absolute atomic E-state index is 10.2. The summed E-state index contributed by atoms with van der Waals surface area (Å²) in [5.41, 5.74) is 6.11. The molecule has 0 spiro atoms. The number of hydrogen-bond acceptors (Lipinski definition) is 3. The number of rotatable bonds is 3. The minimum Gasteiger partial charge on any atom is -0.388 e. The molecule has 2 rings (SSSR count). The summed E-state index contributed by atoms with van der Waals surface area (Å²) in [5.74, 6) is 0. The van der Waals surface area contributed by atoms with Crippen LogP contribution in [0, 0.1) is 0 Å². The Hall–Kier alpha value is -0.770. The van der Waals surface area contributed by atoms with Gasteiger partial charge in [-0.2, -0.15) is 0 Å². The Labute approximate surface area is 101 Å². The summed E-state index contributed by atoms with van der Waals surface area (Å²) in [6, 6.07) is 7.60. The van der Waals surface area contributed by atoms with Crippen LogP contribution in [0.3, 0.4) is 0 Å². The average molecular weight is 241 g/mol. The smallest absolute Gasteiger partial charge is 0.0834 e. The predicted octanol–water partition coefficient (Wildman–Crippen LogP) is 1.99. The van der Waals surface area contributed by atoms with Crippen molar-refractivity contribution in [2.45, 2.75) is 30.9 Å². The van der Waals surface area contributed by atoms with Gasteiger partial charge in [-0.05, 0) is 43.5 Å². The summed E-state index contributed by atoms with van der Waals surface area (Å²) in [4.78, 5) is 0. The van der Waals surface area contributed by atoms with E-state index < -0.39 is 5.60 Å². The maximum Gasteiger partial charge on any atom is 0.0834 e. The van der Waals surface area contributed by atoms with Crippen molar-refractivity contribution in [1.29, 1.82) is 0 Å². The van der Waals surface area contributed by atoms with Crippen LogP contribution in [-0.4, -0.2) is 23.3 Å². The highest BCUT2D eigenvalue weighted by molar-refractivity contribution is 6.30. The van der Waals surface area contributed by atoms with Crippen molar-refractivity contribution >= 4 is 17.3 Å². The average Bonchev–Trinajstić information content (AvgIpc) is 2.59. The first-order chi connectivity index (χ1) is 7.57. The van der Waals surface area contributed by atoms with Gasteiger partial charge in [0.05, 0.1) is 5.60 Å². The van der Waals surface area contributed by atoms with Gasteiger partial charge in [-0.3, -0.25) is 0 Å². The molecule has 0 saturated heterocycles. The van der Waals surface area contributed by atoms with E-state index >= 15 is 0 Å². The van der Waals surface area contributed by atoms with E-state index in [4.69, 9.17) is 17.3 Å². The second kappa shape index (κ2) is 4.62. The van der Waals surface area contributed by atoms with Crippen molar-refractivity contribution in [3.8, 4) is 0 Å². The Morgan fingerprint density at radius 1 is 1.44 bits per heavy atom. The molecule has 3 nitrogen and oxygen atoms in total. The third kappa shape index (κ3) is 2.88. The molecule has 2 unspecified atom stereocenters. The first-order valence-electron chi connectivity index (χ1n) is 5.55. The van der Waals surface area contributed by atoms with Gasteiger partial charge < -0.3 is 16.2 Å². The third-order valence-electron chi connectivity index (χ3n) is 3.09. The van der Waals surface area contributed by atoms with Crippen molar-refractivity contribution in [3.63, 3.8) is 0 Å². The molecular formula is C12H17ClN2O. The summed E-state index contributed by atoms with van der Waals surface area (Å²) in [6.45, 7) is 0.544. The van der Waals surface area contributed by atoms with Gasteiger partial charge in [0, 0.05) is 23.3 Å². The lowest BCUT2D eigenvalue weighted by Gasteiger charge is -2.23. The Kier molecular flexibility index (Phi) is 3.38. The lowest BCUT2D eigenvalue weighted by molar-refractivity contribution is 0.0601. The van der Waals surface area contributed by atoms with Crippen LogP contribution in [0.5, 0.6) is 0 Å². The van der Waals surface area contributed by atoms with Gasteiger partial charge in [-0.25, -0.2) is 0 Å². The number of hydrogen-bond donors (Lipinski definition) is 3. The Bertz CT molecular complexity index is 355. The first kappa shape index (κ1) is 11.7. The SMILES string of the molecule is NC1CCC(O)(CNc2ccc(Cl)cc2)C1. The highest BCUT2D eigenvalue weighted by Gasteiger charge is 2.35. The molecule has 1 aliphatic carbocycles. The van der Waals surface area contributed by atoms with Crippen LogP contribution >= 0.6 is 11.6 Å². The van der Waals surface area contributed by atoms with Crippen molar-refractivity contribution in [3.05, 3.63) is 29.3 Å². The van der Waals surface area contributed by atoms with Crippen LogP contribution in [0.1, 0.15) is 19.3 Å². The molecule has 0 aromatic heterocycles. The van der Waals surface area contributed by atoms with E-state index in [0.29, 0.717) is 18.0 Å². The van der Waals surface area contributed by atoms with E-state index in [9.17, 15) is 5.11 Å². The number of benzene rings is 1. The molecule has 1 aromatic carbocycles. The van der Waals surface area contributed by atoms with E-state index in [1.165, 1.54) is 0 Å². The van der Waals surface area contributed by atoms with E-state index in [2.05, 4.69) is 5.32 Å². The molecule has 4 heteroatoms. The monoisotopic (exact) mass is 240 g/mol. The number of nitrogens with two attached hydrogens (primary N) is 1. The number of nitrogens with one attached hydrogen (secondary N) is 1. The number of halogens is 1. The van der Waals surface area contributed by atoms with Gasteiger partial charge in [0.25, 0.3) is 0 Å². The molecule has 0 amide bonds. The third-order valence-corrected chi connectivity index (χ3v) is 3.34. The molecule has 0 heterocycles. The largest absolute Gasteiger partial charge is 0.388 e. The van der Waals surface area contributed by atoms with Crippen LogP contribution in [-0.2, 0) is 0 Å². The normalized spacial score (nSPS) is 29.3. The molecule has 4 N–H and O–H groups in total. The molecule has 1 saturated carbocycles. The quantitative estimate of drug-likeness (QED) is 0.758. The van der Waals surface area contributed by atoms with E-state index in [0.717, 1.165) is 18.5 Å².